The minimum Gasteiger partial charge on any atom is -0.361 e. The number of hydrogen-bond acceptors (Lipinski definition) is 3. The molecule has 28 heavy (non-hydrogen) atoms. The van der Waals surface area contributed by atoms with Crippen LogP contribution in [0.3, 0.4) is 0 Å². The minimum absolute atomic E-state index is 0.207. The molecule has 3 rings (SSSR count). The van der Waals surface area contributed by atoms with E-state index in [1.165, 1.54) is 17.8 Å². The SMILES string of the molecule is CC(C)CCNC(=O)c1cncc(C(=O)NCCc2c[nH]c3ccccc23)c1. The largest absolute Gasteiger partial charge is 0.361 e. The average Bonchev–Trinajstić information content (AvgIpc) is 3.11. The van der Waals surface area contributed by atoms with Gasteiger partial charge in [-0.3, -0.25) is 14.6 Å². The van der Waals surface area contributed by atoms with Gasteiger partial charge < -0.3 is 15.6 Å². The molecule has 3 aromatic rings. The van der Waals surface area contributed by atoms with Gasteiger partial charge in [0.05, 0.1) is 11.1 Å². The molecule has 0 radical (unpaired) electrons. The van der Waals surface area contributed by atoms with Gasteiger partial charge in [-0.25, -0.2) is 0 Å². The van der Waals surface area contributed by atoms with Crippen molar-refractivity contribution in [1.82, 2.24) is 20.6 Å². The first-order valence-electron chi connectivity index (χ1n) is 9.61. The van der Waals surface area contributed by atoms with Crippen molar-refractivity contribution in [3.8, 4) is 0 Å². The van der Waals surface area contributed by atoms with Crippen molar-refractivity contribution in [2.24, 2.45) is 5.92 Å². The number of aromatic amines is 1. The Balaban J connectivity index is 1.55. The minimum atomic E-state index is -0.232. The molecular weight excluding hydrogens is 352 g/mol. The number of carbonyl (C=O) groups is 2. The van der Waals surface area contributed by atoms with Gasteiger partial charge in [-0.05, 0) is 36.5 Å². The molecule has 0 unspecified atom stereocenters. The third-order valence-corrected chi connectivity index (χ3v) is 4.62. The summed E-state index contributed by atoms with van der Waals surface area (Å²) < 4.78 is 0. The van der Waals surface area contributed by atoms with Gasteiger partial charge in [-0.1, -0.05) is 32.0 Å². The second kappa shape index (κ2) is 9.17. The van der Waals surface area contributed by atoms with Crippen molar-refractivity contribution in [2.75, 3.05) is 13.1 Å². The number of amides is 2. The van der Waals surface area contributed by atoms with Crippen LogP contribution in [0.4, 0.5) is 0 Å². The maximum Gasteiger partial charge on any atom is 0.252 e. The van der Waals surface area contributed by atoms with Crippen molar-refractivity contribution in [1.29, 1.82) is 0 Å². The molecule has 1 aromatic carbocycles. The number of para-hydroxylation sites is 1. The fourth-order valence-corrected chi connectivity index (χ4v) is 3.02. The van der Waals surface area contributed by atoms with Gasteiger partial charge in [-0.2, -0.15) is 0 Å². The molecule has 0 aliphatic carbocycles. The smallest absolute Gasteiger partial charge is 0.252 e. The van der Waals surface area contributed by atoms with Crippen LogP contribution in [0.25, 0.3) is 10.9 Å². The number of benzene rings is 1. The molecule has 0 fully saturated rings. The van der Waals surface area contributed by atoms with Crippen LogP contribution < -0.4 is 10.6 Å². The summed E-state index contributed by atoms with van der Waals surface area (Å²) >= 11 is 0. The van der Waals surface area contributed by atoms with E-state index in [0.29, 0.717) is 30.1 Å². The van der Waals surface area contributed by atoms with E-state index in [1.54, 1.807) is 6.07 Å². The van der Waals surface area contributed by atoms with Crippen LogP contribution in [0.15, 0.2) is 48.9 Å². The van der Waals surface area contributed by atoms with Crippen molar-refractivity contribution in [3.63, 3.8) is 0 Å². The fourth-order valence-electron chi connectivity index (χ4n) is 3.02. The maximum atomic E-state index is 12.4. The molecule has 2 amide bonds. The summed E-state index contributed by atoms with van der Waals surface area (Å²) in [6.07, 6.45) is 6.56. The van der Waals surface area contributed by atoms with E-state index in [0.717, 1.165) is 23.9 Å². The van der Waals surface area contributed by atoms with E-state index < -0.39 is 0 Å². The zero-order chi connectivity index (χ0) is 19.9. The Kier molecular flexibility index (Phi) is 6.42. The third-order valence-electron chi connectivity index (χ3n) is 4.62. The molecule has 0 bridgehead atoms. The summed E-state index contributed by atoms with van der Waals surface area (Å²) in [5.74, 6) is 0.0819. The summed E-state index contributed by atoms with van der Waals surface area (Å²) in [4.78, 5) is 31.9. The first-order chi connectivity index (χ1) is 13.5. The molecule has 0 saturated carbocycles. The first-order valence-corrected chi connectivity index (χ1v) is 9.61. The number of H-pyrrole nitrogens is 1. The summed E-state index contributed by atoms with van der Waals surface area (Å²) in [6.45, 7) is 5.33. The molecule has 0 aliphatic rings. The van der Waals surface area contributed by atoms with Crippen molar-refractivity contribution < 1.29 is 9.59 Å². The fraction of sp³-hybridized carbons (Fsp3) is 0.318. The van der Waals surface area contributed by atoms with E-state index in [2.05, 4.69) is 40.5 Å². The van der Waals surface area contributed by atoms with E-state index >= 15 is 0 Å². The Labute approximate surface area is 164 Å². The molecule has 146 valence electrons. The van der Waals surface area contributed by atoms with Crippen LogP contribution in [0.2, 0.25) is 0 Å². The van der Waals surface area contributed by atoms with Gasteiger partial charge in [-0.15, -0.1) is 0 Å². The Bertz CT molecular complexity index is 962. The van der Waals surface area contributed by atoms with Crippen LogP contribution in [0, 0.1) is 5.92 Å². The molecule has 0 atom stereocenters. The second-order valence-corrected chi connectivity index (χ2v) is 7.27. The predicted molar refractivity (Wildman–Crippen MR) is 110 cm³/mol. The molecule has 3 N–H and O–H groups in total. The lowest BCUT2D eigenvalue weighted by Gasteiger charge is -2.08. The standard InChI is InChI=1S/C22H26N4O2/c1-15(2)7-9-24-21(27)17-11-18(13-23-12-17)22(28)25-10-8-16-14-26-20-6-4-3-5-19(16)20/h3-6,11-15,26H,7-10H2,1-2H3,(H,24,27)(H,25,28). The Morgan fingerprint density at radius 2 is 1.71 bits per heavy atom. The van der Waals surface area contributed by atoms with E-state index in [1.807, 2.05) is 24.4 Å². The number of hydrogen-bond donors (Lipinski definition) is 3. The monoisotopic (exact) mass is 378 g/mol. The molecule has 6 nitrogen and oxygen atoms in total. The van der Waals surface area contributed by atoms with Crippen LogP contribution in [0.1, 0.15) is 46.5 Å². The lowest BCUT2D eigenvalue weighted by molar-refractivity contribution is 0.0951. The highest BCUT2D eigenvalue weighted by Crippen LogP contribution is 2.17. The maximum absolute atomic E-state index is 12.4. The van der Waals surface area contributed by atoms with Crippen LogP contribution >= 0.6 is 0 Å². The molecule has 2 aromatic heterocycles. The van der Waals surface area contributed by atoms with Gasteiger partial charge >= 0.3 is 0 Å². The zero-order valence-electron chi connectivity index (χ0n) is 16.3. The number of pyridine rings is 1. The molecule has 0 saturated heterocycles. The number of carbonyl (C=O) groups excluding carboxylic acids is 2. The topological polar surface area (TPSA) is 86.9 Å². The number of nitrogens with zero attached hydrogens (tertiary/aromatic N) is 1. The van der Waals surface area contributed by atoms with E-state index in [9.17, 15) is 9.59 Å². The van der Waals surface area contributed by atoms with Crippen molar-refractivity contribution in [2.45, 2.75) is 26.7 Å². The summed E-state index contributed by atoms with van der Waals surface area (Å²) in [6, 6.07) is 9.67. The number of aromatic nitrogens is 2. The van der Waals surface area contributed by atoms with Crippen molar-refractivity contribution in [3.05, 3.63) is 65.6 Å². The number of rotatable bonds is 8. The molecule has 0 aliphatic heterocycles. The van der Waals surface area contributed by atoms with E-state index in [4.69, 9.17) is 0 Å². The lowest BCUT2D eigenvalue weighted by Crippen LogP contribution is -2.28. The summed E-state index contributed by atoms with van der Waals surface area (Å²) in [5.41, 5.74) is 3.03. The van der Waals surface area contributed by atoms with Crippen molar-refractivity contribution >= 4 is 22.7 Å². The van der Waals surface area contributed by atoms with Gasteiger partial charge in [0.25, 0.3) is 11.8 Å². The van der Waals surface area contributed by atoms with Gasteiger partial charge in [0.2, 0.25) is 0 Å². The van der Waals surface area contributed by atoms with Crippen LogP contribution in [0.5, 0.6) is 0 Å². The predicted octanol–water partition coefficient (Wildman–Crippen LogP) is 3.31. The van der Waals surface area contributed by atoms with Gasteiger partial charge in [0.1, 0.15) is 0 Å². The average molecular weight is 378 g/mol. The molecular formula is C22H26N4O2. The quantitative estimate of drug-likeness (QED) is 0.562. The number of nitrogens with one attached hydrogen (secondary N) is 3. The molecule has 2 heterocycles. The first kappa shape index (κ1) is 19.6. The van der Waals surface area contributed by atoms with Crippen LogP contribution in [-0.4, -0.2) is 34.9 Å². The Morgan fingerprint density at radius 3 is 2.43 bits per heavy atom. The highest BCUT2D eigenvalue weighted by atomic mass is 16.2. The lowest BCUT2D eigenvalue weighted by atomic mass is 10.1. The second-order valence-electron chi connectivity index (χ2n) is 7.27. The Morgan fingerprint density at radius 1 is 1.04 bits per heavy atom. The zero-order valence-corrected chi connectivity index (χ0v) is 16.3. The normalized spacial score (nSPS) is 11.0. The van der Waals surface area contributed by atoms with Gasteiger partial charge in [0, 0.05) is 42.6 Å². The highest BCUT2D eigenvalue weighted by Gasteiger charge is 2.11. The number of fused-ring (bicyclic) bond motifs is 1. The Hall–Kier alpha value is -3.15. The third kappa shape index (κ3) is 4.97. The highest BCUT2D eigenvalue weighted by molar-refractivity contribution is 5.99. The summed E-state index contributed by atoms with van der Waals surface area (Å²) in [7, 11) is 0. The summed E-state index contributed by atoms with van der Waals surface area (Å²) in [5, 5.41) is 6.93. The molecule has 0 spiro atoms. The molecule has 6 heteroatoms. The van der Waals surface area contributed by atoms with E-state index in [-0.39, 0.29) is 11.8 Å². The van der Waals surface area contributed by atoms with Crippen LogP contribution in [-0.2, 0) is 6.42 Å². The van der Waals surface area contributed by atoms with Gasteiger partial charge in [0.15, 0.2) is 0 Å².